The minimum Gasteiger partial charge on any atom is -0.379 e. The molecule has 1 aromatic rings. The molecule has 1 unspecified atom stereocenters. The van der Waals surface area contributed by atoms with Gasteiger partial charge < -0.3 is 9.30 Å². The van der Waals surface area contributed by atoms with Crippen LogP contribution < -0.4 is 0 Å². The fourth-order valence-electron chi connectivity index (χ4n) is 1.44. The van der Waals surface area contributed by atoms with Gasteiger partial charge in [-0.3, -0.25) is 0 Å². The summed E-state index contributed by atoms with van der Waals surface area (Å²) in [6, 6.07) is 0. The molecule has 2 rings (SSSR count). The van der Waals surface area contributed by atoms with Crippen molar-refractivity contribution in [3.63, 3.8) is 0 Å². The predicted molar refractivity (Wildman–Crippen MR) is 41.5 cm³/mol. The molecule has 0 saturated carbocycles. The fourth-order valence-corrected chi connectivity index (χ4v) is 1.44. The molecule has 1 aliphatic rings. The first-order chi connectivity index (χ1) is 5.38. The number of hydrogen-bond acceptors (Lipinski definition) is 2. The number of fused-ring (bicyclic) bond motifs is 1. The third kappa shape index (κ3) is 1.16. The number of aromatic nitrogens is 2. The molecule has 1 aromatic heterocycles. The first kappa shape index (κ1) is 6.85. The van der Waals surface area contributed by atoms with Gasteiger partial charge in [-0.05, 0) is 0 Å². The van der Waals surface area contributed by atoms with Gasteiger partial charge in [0.1, 0.15) is 5.82 Å². The molecule has 0 N–H and O–H groups in total. The smallest absolute Gasteiger partial charge is 0.113 e. The average molecular weight is 152 g/mol. The Morgan fingerprint density at radius 2 is 2.64 bits per heavy atom. The van der Waals surface area contributed by atoms with Gasteiger partial charge in [0.25, 0.3) is 0 Å². The zero-order valence-corrected chi connectivity index (χ0v) is 6.66. The maximum absolute atomic E-state index is 5.39. The summed E-state index contributed by atoms with van der Waals surface area (Å²) in [4.78, 5) is 4.28. The van der Waals surface area contributed by atoms with Crippen molar-refractivity contribution >= 4 is 0 Å². The van der Waals surface area contributed by atoms with Gasteiger partial charge in [-0.25, -0.2) is 4.98 Å². The summed E-state index contributed by atoms with van der Waals surface area (Å²) in [5, 5.41) is 0. The molecule has 3 heteroatoms. The molecule has 60 valence electrons. The fraction of sp³-hybridized carbons (Fsp3) is 0.625. The Labute approximate surface area is 66.0 Å². The van der Waals surface area contributed by atoms with Crippen LogP contribution in [0.4, 0.5) is 0 Å². The average Bonchev–Trinajstić information content (AvgIpc) is 2.40. The summed E-state index contributed by atoms with van der Waals surface area (Å²) in [6.45, 7) is 4.70. The maximum Gasteiger partial charge on any atom is 0.113 e. The van der Waals surface area contributed by atoms with Crippen LogP contribution in [0.15, 0.2) is 12.4 Å². The highest BCUT2D eigenvalue weighted by Gasteiger charge is 2.14. The molecule has 0 radical (unpaired) electrons. The maximum atomic E-state index is 5.39. The lowest BCUT2D eigenvalue weighted by Crippen LogP contribution is -2.04. The highest BCUT2D eigenvalue weighted by molar-refractivity contribution is 5.00. The Bertz CT molecular complexity index is 244. The Balaban J connectivity index is 2.34. The standard InChI is InChI=1S/C8H12N2O/c1-7-6-11-5-4-10-3-2-9-8(7)10/h2-3,7H,4-6H2,1H3. The number of rotatable bonds is 0. The van der Waals surface area contributed by atoms with Gasteiger partial charge >= 0.3 is 0 Å². The second kappa shape index (κ2) is 2.66. The van der Waals surface area contributed by atoms with E-state index in [1.807, 2.05) is 12.4 Å². The van der Waals surface area contributed by atoms with Gasteiger partial charge in [-0.15, -0.1) is 0 Å². The van der Waals surface area contributed by atoms with Crippen LogP contribution in [0.25, 0.3) is 0 Å². The van der Waals surface area contributed by atoms with Crippen molar-refractivity contribution in [3.8, 4) is 0 Å². The van der Waals surface area contributed by atoms with E-state index in [0.717, 1.165) is 25.6 Å². The summed E-state index contributed by atoms with van der Waals surface area (Å²) in [6.07, 6.45) is 3.87. The van der Waals surface area contributed by atoms with Crippen LogP contribution in [0.3, 0.4) is 0 Å². The van der Waals surface area contributed by atoms with Gasteiger partial charge in [0.2, 0.25) is 0 Å². The summed E-state index contributed by atoms with van der Waals surface area (Å²) in [7, 11) is 0. The summed E-state index contributed by atoms with van der Waals surface area (Å²) < 4.78 is 7.55. The summed E-state index contributed by atoms with van der Waals surface area (Å²) in [5.41, 5.74) is 0. The molecular weight excluding hydrogens is 140 g/mol. The molecule has 1 atom stereocenters. The highest BCUT2D eigenvalue weighted by Crippen LogP contribution is 2.15. The van der Waals surface area contributed by atoms with Crippen LogP contribution in [0.5, 0.6) is 0 Å². The zero-order chi connectivity index (χ0) is 7.68. The lowest BCUT2D eigenvalue weighted by molar-refractivity contribution is 0.128. The van der Waals surface area contributed by atoms with E-state index < -0.39 is 0 Å². The van der Waals surface area contributed by atoms with Crippen LogP contribution in [0.1, 0.15) is 18.7 Å². The lowest BCUT2D eigenvalue weighted by atomic mass is 10.2. The van der Waals surface area contributed by atoms with Crippen LogP contribution in [0, 0.1) is 0 Å². The molecule has 11 heavy (non-hydrogen) atoms. The van der Waals surface area contributed by atoms with Crippen LogP contribution in [0.2, 0.25) is 0 Å². The zero-order valence-electron chi connectivity index (χ0n) is 6.66. The number of ether oxygens (including phenoxy) is 1. The molecule has 0 amide bonds. The molecule has 0 spiro atoms. The third-order valence-corrected chi connectivity index (χ3v) is 2.03. The van der Waals surface area contributed by atoms with Gasteiger partial charge in [-0.1, -0.05) is 6.92 Å². The molecule has 0 aromatic carbocycles. The first-order valence-electron chi connectivity index (χ1n) is 3.96. The van der Waals surface area contributed by atoms with Gasteiger partial charge in [0, 0.05) is 24.9 Å². The first-order valence-corrected chi connectivity index (χ1v) is 3.96. The van der Waals surface area contributed by atoms with E-state index in [1.54, 1.807) is 0 Å². The molecular formula is C8H12N2O. The van der Waals surface area contributed by atoms with E-state index in [1.165, 1.54) is 0 Å². The second-order valence-electron chi connectivity index (χ2n) is 2.95. The predicted octanol–water partition coefficient (Wildman–Crippen LogP) is 1.02. The topological polar surface area (TPSA) is 27.1 Å². The van der Waals surface area contributed by atoms with E-state index in [9.17, 15) is 0 Å². The van der Waals surface area contributed by atoms with Crippen LogP contribution in [-0.4, -0.2) is 22.8 Å². The minimum atomic E-state index is 0.437. The lowest BCUT2D eigenvalue weighted by Gasteiger charge is -2.05. The van der Waals surface area contributed by atoms with E-state index in [-0.39, 0.29) is 0 Å². The van der Waals surface area contributed by atoms with Crippen molar-refractivity contribution < 1.29 is 4.74 Å². The van der Waals surface area contributed by atoms with Gasteiger partial charge in [-0.2, -0.15) is 0 Å². The Morgan fingerprint density at radius 1 is 1.73 bits per heavy atom. The largest absolute Gasteiger partial charge is 0.379 e. The highest BCUT2D eigenvalue weighted by atomic mass is 16.5. The minimum absolute atomic E-state index is 0.437. The van der Waals surface area contributed by atoms with Gasteiger partial charge in [0.15, 0.2) is 0 Å². The van der Waals surface area contributed by atoms with Crippen molar-refractivity contribution in [3.05, 3.63) is 18.2 Å². The second-order valence-corrected chi connectivity index (χ2v) is 2.95. The molecule has 0 fully saturated rings. The van der Waals surface area contributed by atoms with Crippen molar-refractivity contribution in [2.24, 2.45) is 0 Å². The Morgan fingerprint density at radius 3 is 3.55 bits per heavy atom. The number of hydrogen-bond donors (Lipinski definition) is 0. The number of nitrogens with zero attached hydrogens (tertiary/aromatic N) is 2. The molecule has 0 bridgehead atoms. The molecule has 1 aliphatic heterocycles. The Hall–Kier alpha value is -0.830. The molecule has 0 saturated heterocycles. The molecule has 3 nitrogen and oxygen atoms in total. The van der Waals surface area contributed by atoms with Crippen molar-refractivity contribution in [2.75, 3.05) is 13.2 Å². The summed E-state index contributed by atoms with van der Waals surface area (Å²) >= 11 is 0. The van der Waals surface area contributed by atoms with E-state index in [2.05, 4.69) is 16.5 Å². The van der Waals surface area contributed by atoms with Crippen LogP contribution >= 0.6 is 0 Å². The normalized spacial score (nSPS) is 24.3. The van der Waals surface area contributed by atoms with Gasteiger partial charge in [0.05, 0.1) is 13.2 Å². The van der Waals surface area contributed by atoms with Crippen molar-refractivity contribution in [1.29, 1.82) is 0 Å². The molecule has 0 aliphatic carbocycles. The van der Waals surface area contributed by atoms with E-state index >= 15 is 0 Å². The van der Waals surface area contributed by atoms with Crippen LogP contribution in [-0.2, 0) is 11.3 Å². The third-order valence-electron chi connectivity index (χ3n) is 2.03. The SMILES string of the molecule is CC1COCCn2ccnc21. The Kier molecular flexibility index (Phi) is 1.66. The monoisotopic (exact) mass is 152 g/mol. The van der Waals surface area contributed by atoms with E-state index in [4.69, 9.17) is 4.74 Å². The molecule has 2 heterocycles. The quantitative estimate of drug-likeness (QED) is 0.555. The van der Waals surface area contributed by atoms with E-state index in [0.29, 0.717) is 5.92 Å². The summed E-state index contributed by atoms with van der Waals surface area (Å²) in [5.74, 6) is 1.59. The van der Waals surface area contributed by atoms with Crippen molar-refractivity contribution in [1.82, 2.24) is 9.55 Å². The number of imidazole rings is 1. The van der Waals surface area contributed by atoms with Crippen molar-refractivity contribution in [2.45, 2.75) is 19.4 Å².